The highest BCUT2D eigenvalue weighted by Gasteiger charge is 2.27. The average molecular weight is 324 g/mol. The van der Waals surface area contributed by atoms with Gasteiger partial charge in [0.1, 0.15) is 0 Å². The van der Waals surface area contributed by atoms with E-state index in [9.17, 15) is 26.4 Å². The Hall–Kier alpha value is -1.61. The molecule has 1 N–H and O–H groups in total. The molecule has 21 heavy (non-hydrogen) atoms. The van der Waals surface area contributed by atoms with Gasteiger partial charge in [0.05, 0.1) is 19.2 Å². The van der Waals surface area contributed by atoms with Crippen molar-refractivity contribution in [3.05, 3.63) is 29.8 Å². The molecular formula is C12H15F3N2O3S. The molecule has 0 unspecified atom stereocenters. The number of likely N-dealkylation sites (N-methyl/N-ethyl adjacent to an activating group) is 1. The Bertz CT molecular complexity index is 597. The Labute approximate surface area is 120 Å². The molecule has 1 rings (SSSR count). The Balaban J connectivity index is 2.62. The molecule has 9 heteroatoms. The first kappa shape index (κ1) is 17.4. The molecule has 1 aromatic carbocycles. The molecular weight excluding hydrogens is 309 g/mol. The number of carbonyl (C=O) groups is 1. The van der Waals surface area contributed by atoms with Crippen molar-refractivity contribution in [1.29, 1.82) is 0 Å². The van der Waals surface area contributed by atoms with Crippen molar-refractivity contribution in [3.8, 4) is 0 Å². The molecule has 0 atom stereocenters. The fraction of sp³-hybridized carbons (Fsp3) is 0.417. The van der Waals surface area contributed by atoms with Gasteiger partial charge in [0.2, 0.25) is 15.9 Å². The summed E-state index contributed by atoms with van der Waals surface area (Å²) in [6.07, 6.45) is -4.37. The highest BCUT2D eigenvalue weighted by atomic mass is 32.2. The van der Waals surface area contributed by atoms with Crippen molar-refractivity contribution in [3.63, 3.8) is 0 Å². The van der Waals surface area contributed by atoms with Crippen molar-refractivity contribution in [1.82, 2.24) is 4.31 Å². The van der Waals surface area contributed by atoms with E-state index in [2.05, 4.69) is 5.32 Å². The lowest BCUT2D eigenvalue weighted by molar-refractivity contribution is -0.127. The van der Waals surface area contributed by atoms with E-state index in [1.54, 1.807) is 0 Å². The number of nitrogens with one attached hydrogen (secondary N) is 1. The molecule has 0 aliphatic heterocycles. The molecule has 5 nitrogen and oxygen atoms in total. The van der Waals surface area contributed by atoms with Gasteiger partial charge in [-0.15, -0.1) is 0 Å². The minimum Gasteiger partial charge on any atom is -0.325 e. The Morgan fingerprint density at radius 3 is 2.19 bits per heavy atom. The number of rotatable bonds is 5. The van der Waals surface area contributed by atoms with Crippen molar-refractivity contribution in [2.45, 2.75) is 12.6 Å². The third-order valence-corrected chi connectivity index (χ3v) is 3.84. The summed E-state index contributed by atoms with van der Waals surface area (Å²) in [6.45, 7) is -0.372. The zero-order chi connectivity index (χ0) is 16.3. The predicted molar refractivity (Wildman–Crippen MR) is 72.3 cm³/mol. The van der Waals surface area contributed by atoms with Crippen LogP contribution in [-0.2, 0) is 21.2 Å². The van der Waals surface area contributed by atoms with Crippen molar-refractivity contribution in [2.24, 2.45) is 0 Å². The zero-order valence-electron chi connectivity index (χ0n) is 11.4. The monoisotopic (exact) mass is 324 g/mol. The van der Waals surface area contributed by atoms with Gasteiger partial charge in [0, 0.05) is 12.7 Å². The molecule has 0 saturated carbocycles. The Morgan fingerprint density at radius 1 is 1.24 bits per heavy atom. The van der Waals surface area contributed by atoms with Crippen LogP contribution in [-0.4, -0.2) is 44.7 Å². The van der Waals surface area contributed by atoms with Crippen molar-refractivity contribution < 1.29 is 26.4 Å². The average Bonchev–Trinajstić information content (AvgIpc) is 2.28. The molecule has 0 spiro atoms. The minimum absolute atomic E-state index is 0.0775. The van der Waals surface area contributed by atoms with Crippen LogP contribution in [0, 0.1) is 0 Å². The van der Waals surface area contributed by atoms with Crippen LogP contribution in [0.15, 0.2) is 24.3 Å². The van der Waals surface area contributed by atoms with Crippen LogP contribution in [0.3, 0.4) is 0 Å². The van der Waals surface area contributed by atoms with Gasteiger partial charge >= 0.3 is 6.18 Å². The largest absolute Gasteiger partial charge is 0.393 e. The third-order valence-electron chi connectivity index (χ3n) is 2.57. The van der Waals surface area contributed by atoms with Crippen LogP contribution >= 0.6 is 0 Å². The van der Waals surface area contributed by atoms with Crippen molar-refractivity contribution >= 4 is 21.6 Å². The van der Waals surface area contributed by atoms with E-state index in [-0.39, 0.29) is 12.1 Å². The normalized spacial score (nSPS) is 12.5. The van der Waals surface area contributed by atoms with Crippen LogP contribution in [0.25, 0.3) is 0 Å². The molecule has 0 aliphatic carbocycles. The summed E-state index contributed by atoms with van der Waals surface area (Å²) in [5, 5.41) is 2.41. The number of hydrogen-bond donors (Lipinski definition) is 1. The lowest BCUT2D eigenvalue weighted by atomic mass is 10.1. The van der Waals surface area contributed by atoms with Crippen LogP contribution in [0.1, 0.15) is 5.56 Å². The zero-order valence-corrected chi connectivity index (χ0v) is 12.3. The van der Waals surface area contributed by atoms with Gasteiger partial charge in [-0.3, -0.25) is 4.79 Å². The summed E-state index contributed by atoms with van der Waals surface area (Å²) >= 11 is 0. The quantitative estimate of drug-likeness (QED) is 0.895. The minimum atomic E-state index is -4.29. The smallest absolute Gasteiger partial charge is 0.325 e. The predicted octanol–water partition coefficient (Wildman–Crippen LogP) is 1.62. The number of carbonyl (C=O) groups excluding carboxylic acids is 1. The topological polar surface area (TPSA) is 66.5 Å². The first-order chi connectivity index (χ1) is 9.47. The van der Waals surface area contributed by atoms with E-state index in [0.717, 1.165) is 10.6 Å². The lowest BCUT2D eigenvalue weighted by Crippen LogP contribution is -2.34. The van der Waals surface area contributed by atoms with E-state index in [0.29, 0.717) is 5.69 Å². The van der Waals surface area contributed by atoms with E-state index in [1.807, 2.05) is 0 Å². The maximum atomic E-state index is 12.2. The molecule has 0 bridgehead atoms. The van der Waals surface area contributed by atoms with Crippen LogP contribution < -0.4 is 5.32 Å². The number of anilines is 1. The number of halogens is 3. The third kappa shape index (κ3) is 6.58. The van der Waals surface area contributed by atoms with Gasteiger partial charge in [-0.05, 0) is 17.7 Å². The fourth-order valence-corrected chi connectivity index (χ4v) is 1.81. The van der Waals surface area contributed by atoms with Gasteiger partial charge in [0.25, 0.3) is 0 Å². The Kier molecular flexibility index (Phi) is 5.35. The molecule has 0 fully saturated rings. The maximum absolute atomic E-state index is 12.2. The number of alkyl halides is 3. The Morgan fingerprint density at radius 2 is 1.76 bits per heavy atom. The number of nitrogens with zero attached hydrogens (tertiary/aromatic N) is 1. The summed E-state index contributed by atoms with van der Waals surface area (Å²) in [5.74, 6) is -0.577. The molecule has 0 aromatic heterocycles. The van der Waals surface area contributed by atoms with Crippen LogP contribution in [0.4, 0.5) is 18.9 Å². The number of sulfonamides is 1. The first-order valence-electron chi connectivity index (χ1n) is 5.84. The highest BCUT2D eigenvalue weighted by Crippen LogP contribution is 2.22. The summed E-state index contributed by atoms with van der Waals surface area (Å²) in [6, 6.07) is 5.17. The van der Waals surface area contributed by atoms with Gasteiger partial charge in [-0.25, -0.2) is 8.42 Å². The van der Waals surface area contributed by atoms with Gasteiger partial charge in [0.15, 0.2) is 0 Å². The van der Waals surface area contributed by atoms with E-state index >= 15 is 0 Å². The van der Waals surface area contributed by atoms with E-state index in [4.69, 9.17) is 0 Å². The highest BCUT2D eigenvalue weighted by molar-refractivity contribution is 7.88. The molecule has 118 valence electrons. The van der Waals surface area contributed by atoms with Gasteiger partial charge in [-0.1, -0.05) is 12.1 Å². The molecule has 1 amide bonds. The summed E-state index contributed by atoms with van der Waals surface area (Å²) in [7, 11) is -2.22. The van der Waals surface area contributed by atoms with Gasteiger partial charge in [-0.2, -0.15) is 17.5 Å². The molecule has 0 heterocycles. The van der Waals surface area contributed by atoms with Crippen LogP contribution in [0.5, 0.6) is 0 Å². The standard InChI is InChI=1S/C12H15F3N2O3S/c1-17(21(2,19)20)8-11(18)16-10-5-3-9(4-6-10)7-12(13,14)15/h3-6H,7-8H2,1-2H3,(H,16,18). The second kappa shape index (κ2) is 6.44. The second-order valence-corrected chi connectivity index (χ2v) is 6.65. The summed E-state index contributed by atoms with van der Waals surface area (Å²) < 4.78 is 59.7. The van der Waals surface area contributed by atoms with E-state index < -0.39 is 28.5 Å². The second-order valence-electron chi connectivity index (χ2n) is 4.56. The molecule has 0 saturated heterocycles. The fourth-order valence-electron chi connectivity index (χ4n) is 1.46. The first-order valence-corrected chi connectivity index (χ1v) is 7.69. The summed E-state index contributed by atoms with van der Waals surface area (Å²) in [4.78, 5) is 11.6. The van der Waals surface area contributed by atoms with Crippen molar-refractivity contribution in [2.75, 3.05) is 25.2 Å². The number of benzene rings is 1. The lowest BCUT2D eigenvalue weighted by Gasteiger charge is -2.14. The summed E-state index contributed by atoms with van der Waals surface area (Å²) in [5.41, 5.74) is 0.376. The number of hydrogen-bond acceptors (Lipinski definition) is 3. The molecule has 0 aliphatic rings. The SMILES string of the molecule is CN(CC(=O)Nc1ccc(CC(F)(F)F)cc1)S(C)(=O)=O. The number of amides is 1. The van der Waals surface area contributed by atoms with E-state index in [1.165, 1.54) is 31.3 Å². The molecule has 1 aromatic rings. The van der Waals surface area contributed by atoms with Crippen LogP contribution in [0.2, 0.25) is 0 Å². The maximum Gasteiger partial charge on any atom is 0.393 e. The molecule has 0 radical (unpaired) electrons. The van der Waals surface area contributed by atoms with Gasteiger partial charge < -0.3 is 5.32 Å².